The monoisotopic (exact) mass is 2230 g/mol. The molecule has 0 saturated carbocycles. The molecule has 41 heteroatoms. The van der Waals surface area contributed by atoms with Gasteiger partial charge in [-0.05, 0) is 82.8 Å². The average molecular weight is 2230 g/mol. The van der Waals surface area contributed by atoms with Crippen LogP contribution in [0.15, 0.2) is 122 Å². The Balaban J connectivity index is 0.00000136. The largest absolute Gasteiger partial charge is 0.478 e. The summed E-state index contributed by atoms with van der Waals surface area (Å²) in [6, 6.07) is 24.7. The van der Waals surface area contributed by atoms with Crippen LogP contribution in [-0.4, -0.2) is 246 Å². The minimum absolute atomic E-state index is 0. The number of carboxylic acids is 1. The Hall–Kier alpha value is -5.67. The van der Waals surface area contributed by atoms with Crippen LogP contribution in [0.1, 0.15) is 126 Å². The normalized spacial score (nSPS) is 23.7. The Kier molecular flexibility index (Phi) is 50.4. The summed E-state index contributed by atoms with van der Waals surface area (Å²) in [5.74, 6) is -6.37. The number of carbonyl (C=O) groups is 11. The van der Waals surface area contributed by atoms with Crippen molar-refractivity contribution in [3.63, 3.8) is 0 Å². The topological polar surface area (TPSA) is 499 Å². The molecule has 4 heterocycles. The quantitative estimate of drug-likeness (QED) is 0.0213. The second-order valence-corrected chi connectivity index (χ2v) is 39.0. The molecule has 0 radical (unpaired) electrons. The molecule has 0 aromatic heterocycles. The molecule has 4 aliphatic heterocycles. The van der Waals surface area contributed by atoms with Gasteiger partial charge in [-0.25, -0.2) is 19.2 Å². The van der Waals surface area contributed by atoms with Crippen molar-refractivity contribution in [1.29, 1.82) is 0 Å². The van der Waals surface area contributed by atoms with E-state index in [0.717, 1.165) is 12.5 Å². The molecule has 8 rings (SSSR count). The van der Waals surface area contributed by atoms with E-state index in [1.54, 1.807) is 60.7 Å². The van der Waals surface area contributed by atoms with Gasteiger partial charge in [0.25, 0.3) is 0 Å². The second kappa shape index (κ2) is 54.2. The van der Waals surface area contributed by atoms with Gasteiger partial charge >= 0.3 is 123 Å². The molecule has 34 nitrogen and oxygen atoms in total. The first-order chi connectivity index (χ1) is 51.6. The van der Waals surface area contributed by atoms with Crippen LogP contribution >= 0.6 is 98.4 Å². The predicted octanol–water partition coefficient (Wildman–Crippen LogP) is 1.88. The van der Waals surface area contributed by atoms with E-state index in [2.05, 4.69) is 83.9 Å². The molecule has 2 saturated heterocycles. The first-order valence-corrected chi connectivity index (χ1v) is 50.7. The summed E-state index contributed by atoms with van der Waals surface area (Å²) >= 11 is 9.54. The molecule has 0 bridgehead atoms. The van der Waals surface area contributed by atoms with Crippen molar-refractivity contribution < 1.29 is 180 Å². The summed E-state index contributed by atoms with van der Waals surface area (Å²) in [7, 11) is 2.25. The smallest absolute Gasteiger partial charge is 0.335 e. The Bertz CT molecular complexity index is 3690. The minimum atomic E-state index is -1.57. The zero-order chi connectivity index (χ0) is 82.4. The van der Waals surface area contributed by atoms with Crippen molar-refractivity contribution in [2.45, 2.75) is 146 Å². The number of hydrogen-bond donors (Lipinski definition) is 9. The van der Waals surface area contributed by atoms with E-state index in [0.29, 0.717) is 35.5 Å². The molecule has 9 N–H and O–H groups in total. The SMILES string of the molecule is CC(=O)OC[C@H]1OC=C[C@@H](OC(C)=O)[C@@H]1OC(C)=O.COC(=O)c1cccc(B(O)O)c1.COC(=O)c1cccc([C@@H]2C=C[C@H](OC(C)=O)[C@@H](COC(C)=O)O2)c1.COC(=O)c1cccc([C@H]2O[C@H](COC(C)=O)[C@@H](OC(C)=O)[C@H](O)[C@@H]2O)c1.I.II.I[I-]I.O=C(O)c1cccc([C@H]2O[C@H](CO)[C@@H](O)[C@H](O)[C@@H]2O)c1.[2HH]. The molecule has 0 aliphatic carbocycles. The summed E-state index contributed by atoms with van der Waals surface area (Å²) in [6.07, 6.45) is -10.5. The van der Waals surface area contributed by atoms with Crippen molar-refractivity contribution in [3.05, 3.63) is 160 Å². The van der Waals surface area contributed by atoms with Gasteiger partial charge in [-0.15, -0.1) is 24.0 Å². The summed E-state index contributed by atoms with van der Waals surface area (Å²) in [5.41, 5.74) is 2.69. The van der Waals surface area contributed by atoms with Gasteiger partial charge in [0.2, 0.25) is 0 Å². The second-order valence-electron chi connectivity index (χ2n) is 22.7. The summed E-state index contributed by atoms with van der Waals surface area (Å²) < 4.78 is 71.1. The zero-order valence-corrected chi connectivity index (χ0v) is 73.3. The van der Waals surface area contributed by atoms with Crippen molar-refractivity contribution in [3.8, 4) is 0 Å². The van der Waals surface area contributed by atoms with E-state index in [9.17, 15) is 78.3 Å². The van der Waals surface area contributed by atoms with Crippen molar-refractivity contribution in [1.82, 2.24) is 0 Å². The van der Waals surface area contributed by atoms with Crippen LogP contribution in [0, 0.1) is 0 Å². The number of methoxy groups -OCH3 is 3. The molecule has 2 fully saturated rings. The van der Waals surface area contributed by atoms with Crippen LogP contribution in [0.3, 0.4) is 0 Å². The van der Waals surface area contributed by atoms with Gasteiger partial charge in [-0.2, -0.15) is 0 Å². The zero-order valence-electron chi connectivity index (χ0n) is 60.2. The molecule has 0 spiro atoms. The van der Waals surface area contributed by atoms with Crippen LogP contribution in [0.5, 0.6) is 0 Å². The van der Waals surface area contributed by atoms with Gasteiger partial charge in [-0.1, -0.05) is 54.6 Å². The number of ether oxygens (including phenoxy) is 14. The Labute approximate surface area is 703 Å². The Morgan fingerprint density at radius 1 is 0.455 bits per heavy atom. The Morgan fingerprint density at radius 2 is 0.845 bits per heavy atom. The molecule has 0 unspecified atom stereocenters. The van der Waals surface area contributed by atoms with E-state index in [1.807, 2.05) is 0 Å². The van der Waals surface area contributed by atoms with Gasteiger partial charge < -0.3 is 112 Å². The number of carboxylic acid groups (broad SMARTS) is 1. The van der Waals surface area contributed by atoms with Gasteiger partial charge in [-0.3, -0.25) is 33.6 Å². The molecule has 0 amide bonds. The summed E-state index contributed by atoms with van der Waals surface area (Å²) in [5, 5.41) is 85.9. The van der Waals surface area contributed by atoms with Crippen LogP contribution < -0.4 is 18.7 Å². The maximum absolute atomic E-state index is 11.7. The Morgan fingerprint density at radius 3 is 1.29 bits per heavy atom. The average Bonchev–Trinajstić information content (AvgIpc) is 0.793. The predicted molar refractivity (Wildman–Crippen MR) is 425 cm³/mol. The number of aliphatic hydroxyl groups excluding tert-OH is 6. The fourth-order valence-electron chi connectivity index (χ4n) is 10.0. The summed E-state index contributed by atoms with van der Waals surface area (Å²) in [6.45, 7) is 7.69. The molecule has 4 aliphatic rings. The molecular formula is C69H86BI6O34-. The first-order valence-electron chi connectivity index (χ1n) is 31.9. The van der Waals surface area contributed by atoms with Gasteiger partial charge in [0.1, 0.15) is 93.1 Å². The summed E-state index contributed by atoms with van der Waals surface area (Å²) in [4.78, 5) is 123. The molecule has 612 valence electrons. The van der Waals surface area contributed by atoms with Gasteiger partial charge in [0.05, 0.1) is 56.5 Å². The number of carbonyl (C=O) groups excluding carboxylic acids is 10. The van der Waals surface area contributed by atoms with Gasteiger partial charge in [0, 0.05) is 87.1 Å². The van der Waals surface area contributed by atoms with E-state index >= 15 is 0 Å². The third kappa shape index (κ3) is 35.4. The van der Waals surface area contributed by atoms with Crippen LogP contribution in [0.25, 0.3) is 0 Å². The molecular weight excluding hydrogens is 2140 g/mol. The fourth-order valence-corrected chi connectivity index (χ4v) is 10.0. The third-order valence-electron chi connectivity index (χ3n) is 14.9. The number of esters is 10. The number of aliphatic hydroxyl groups is 6. The number of hydrogen-bond acceptors (Lipinski definition) is 33. The number of rotatable bonds is 19. The van der Waals surface area contributed by atoms with Gasteiger partial charge in [0.15, 0.2) is 24.4 Å². The third-order valence-corrected chi connectivity index (χ3v) is 14.9. The van der Waals surface area contributed by atoms with E-state index in [4.69, 9.17) is 77.1 Å². The molecule has 4 aromatic carbocycles. The maximum Gasteiger partial charge on any atom is 0.335 e. The van der Waals surface area contributed by atoms with Crippen LogP contribution in [-0.2, 0) is 99.9 Å². The first kappa shape index (κ1) is 102. The van der Waals surface area contributed by atoms with E-state index < -0.39 is 177 Å². The van der Waals surface area contributed by atoms with Crippen LogP contribution in [0.4, 0.5) is 0 Å². The fraction of sp³-hybridized carbons (Fsp3) is 0.435. The van der Waals surface area contributed by atoms with Crippen molar-refractivity contribution in [2.24, 2.45) is 0 Å². The molecule has 110 heavy (non-hydrogen) atoms. The van der Waals surface area contributed by atoms with E-state index in [-0.39, 0.29) is 61.8 Å². The van der Waals surface area contributed by atoms with Crippen molar-refractivity contribution in [2.75, 3.05) is 47.8 Å². The number of halogens is 6. The number of aromatic carboxylic acids is 1. The molecule has 16 atom stereocenters. The molecule has 4 aromatic rings. The number of benzene rings is 4. The maximum atomic E-state index is 11.7. The van der Waals surface area contributed by atoms with Crippen molar-refractivity contribution >= 4 is 177 Å². The standard InChI is InChI=1S/C18H22O9.C18H20O7.C13H16O7.C12H16O7.C8H9BO4.I3.I2.HI.H2/c1-9(19)25-8-13-17(26-10(2)20)15(22)14(21)16(27-13)11-5-4-6-12(7-11)18(23)24-3;1-11(19)23-10-17-16(24-12(2)20)8-7-15(25-17)13-5-4-6-14(9-13)18(21)22-3;14-5-8-9(15)10(16)11(17)12(20-8)6-2-1-3-7(4-6)13(18)19;1-7(13)17-6-11-12(19-9(3)15)10(4-5-16-11)18-8(2)14;1-13-8(10)6-3-2-4-7(5-6)9(11)12;1-3-2;1-2;;/h4-7,13-17,21-22H,8H2,1-3H3;4-9,15-17H,10H2,1-3H3;1-4,8-12,14-17H,5H2,(H,18,19);4-5,10-12H,6H2,1-3H3;2-5,11-12H,1H3;;;2*1H/q;;;;;-1;;;/t13-,14+,15-,16-,17-;15-,16-,17+;8-,9-,10+,11+,12-;10-,11-,12+;;;;;/m1011...../s1/i;;;;;;;;1+1. The minimum Gasteiger partial charge on any atom is -0.478 e. The van der Waals surface area contributed by atoms with E-state index in [1.165, 1.54) is 124 Å². The van der Waals surface area contributed by atoms with Crippen LogP contribution in [0.2, 0.25) is 0 Å².